The molecule has 26 heavy (non-hydrogen) atoms. The van der Waals surface area contributed by atoms with E-state index in [1.54, 1.807) is 30.5 Å². The summed E-state index contributed by atoms with van der Waals surface area (Å²) in [5.41, 5.74) is 0.641. The van der Waals surface area contributed by atoms with E-state index in [9.17, 15) is 9.59 Å². The molecule has 0 radical (unpaired) electrons. The molecule has 0 aliphatic heterocycles. The monoisotopic (exact) mass is 359 g/mol. The summed E-state index contributed by atoms with van der Waals surface area (Å²) < 4.78 is 15.9. The van der Waals surface area contributed by atoms with Crippen molar-refractivity contribution in [3.8, 4) is 0 Å². The first-order valence-corrected chi connectivity index (χ1v) is 8.05. The van der Waals surface area contributed by atoms with Crippen LogP contribution in [-0.2, 0) is 20.9 Å². The lowest BCUT2D eigenvalue weighted by molar-refractivity contribution is -0.116. The van der Waals surface area contributed by atoms with E-state index in [0.29, 0.717) is 22.7 Å². The number of carbonyl (C=O) groups excluding carboxylic acids is 2. The van der Waals surface area contributed by atoms with Crippen molar-refractivity contribution in [3.05, 3.63) is 65.9 Å². The Labute approximate surface area is 151 Å². The Morgan fingerprint density at radius 1 is 1.35 bits per heavy atom. The van der Waals surface area contributed by atoms with E-state index in [2.05, 4.69) is 11.6 Å². The van der Waals surface area contributed by atoms with E-state index in [1.807, 2.05) is 0 Å². The molecule has 1 N–H and O–H groups in total. The third-order valence-corrected chi connectivity index (χ3v) is 3.65. The number of ether oxygens (including phenoxy) is 2. The van der Waals surface area contributed by atoms with E-state index in [4.69, 9.17) is 19.0 Å². The fourth-order valence-corrected chi connectivity index (χ4v) is 2.29. The van der Waals surface area contributed by atoms with Gasteiger partial charge in [0.1, 0.15) is 18.1 Å². The molecular formula is C19H21NO6. The summed E-state index contributed by atoms with van der Waals surface area (Å²) >= 11 is 0. The number of furan rings is 1. The summed E-state index contributed by atoms with van der Waals surface area (Å²) in [5, 5.41) is 9.15. The molecule has 0 saturated carbocycles. The number of nitrogens with zero attached hydrogens (tertiary/aromatic N) is 1. The van der Waals surface area contributed by atoms with Crippen molar-refractivity contribution >= 4 is 11.8 Å². The normalized spacial score (nSPS) is 11.8. The minimum atomic E-state index is -0.776. The molecule has 7 heteroatoms. The van der Waals surface area contributed by atoms with Crippen LogP contribution in [0.2, 0.25) is 0 Å². The number of esters is 1. The quantitative estimate of drug-likeness (QED) is 0.514. The van der Waals surface area contributed by atoms with Gasteiger partial charge in [-0.2, -0.15) is 0 Å². The molecule has 0 saturated heterocycles. The maximum absolute atomic E-state index is 12.3. The Kier molecular flexibility index (Phi) is 7.25. The molecule has 0 spiro atoms. The van der Waals surface area contributed by atoms with Gasteiger partial charge in [0, 0.05) is 31.5 Å². The lowest BCUT2D eigenvalue weighted by Gasteiger charge is -2.16. The number of hydrogen-bond donors (Lipinski definition) is 1. The molecule has 138 valence electrons. The van der Waals surface area contributed by atoms with Gasteiger partial charge in [0.2, 0.25) is 0 Å². The maximum Gasteiger partial charge on any atom is 0.340 e. The fourth-order valence-electron chi connectivity index (χ4n) is 2.29. The number of hydrogen-bond acceptors (Lipinski definition) is 7. The fraction of sp³-hybridized carbons (Fsp3) is 0.316. The zero-order valence-corrected chi connectivity index (χ0v) is 14.5. The zero-order chi connectivity index (χ0) is 18.9. The summed E-state index contributed by atoms with van der Waals surface area (Å²) in [6, 6.07) is 6.41. The minimum absolute atomic E-state index is 0.113. The van der Waals surface area contributed by atoms with Crippen LogP contribution < -0.4 is 0 Å². The van der Waals surface area contributed by atoms with E-state index in [1.165, 1.54) is 13.3 Å². The number of methoxy groups -OCH3 is 1. The average Bonchev–Trinajstić information content (AvgIpc) is 3.14. The lowest BCUT2D eigenvalue weighted by atomic mass is 10.0. The Hall–Kier alpha value is -2.77. The van der Waals surface area contributed by atoms with Crippen LogP contribution in [0.15, 0.2) is 53.2 Å². The summed E-state index contributed by atoms with van der Waals surface area (Å²) in [5.74, 6) is -0.0505. The Morgan fingerprint density at radius 3 is 2.77 bits per heavy atom. The van der Waals surface area contributed by atoms with Crippen molar-refractivity contribution in [1.82, 2.24) is 4.98 Å². The first-order valence-electron chi connectivity index (χ1n) is 8.05. The minimum Gasteiger partial charge on any atom is -0.460 e. The van der Waals surface area contributed by atoms with Crippen molar-refractivity contribution in [2.45, 2.75) is 25.6 Å². The lowest BCUT2D eigenvalue weighted by Crippen LogP contribution is -2.14. The highest BCUT2D eigenvalue weighted by Crippen LogP contribution is 2.27. The van der Waals surface area contributed by atoms with Crippen molar-refractivity contribution in [3.63, 3.8) is 0 Å². The number of aliphatic hydroxyl groups is 1. The third kappa shape index (κ3) is 5.37. The molecule has 0 aromatic carbocycles. The molecule has 1 atom stereocenters. The van der Waals surface area contributed by atoms with Crippen LogP contribution in [0, 0.1) is 0 Å². The third-order valence-electron chi connectivity index (χ3n) is 3.65. The van der Waals surface area contributed by atoms with Crippen LogP contribution >= 0.6 is 0 Å². The highest BCUT2D eigenvalue weighted by Gasteiger charge is 2.23. The second-order valence-electron chi connectivity index (χ2n) is 5.60. The first-order chi connectivity index (χ1) is 12.5. The highest BCUT2D eigenvalue weighted by atomic mass is 16.6. The Balaban J connectivity index is 2.10. The molecule has 0 bridgehead atoms. The van der Waals surface area contributed by atoms with Crippen molar-refractivity contribution in [1.29, 1.82) is 0 Å². The van der Waals surface area contributed by atoms with Gasteiger partial charge in [-0.25, -0.2) is 4.79 Å². The second-order valence-corrected chi connectivity index (χ2v) is 5.60. The molecule has 0 unspecified atom stereocenters. The number of aromatic nitrogens is 1. The summed E-state index contributed by atoms with van der Waals surface area (Å²) in [6.45, 7) is 3.55. The summed E-state index contributed by atoms with van der Waals surface area (Å²) in [6.07, 6.45) is 2.50. The van der Waals surface area contributed by atoms with Crippen LogP contribution in [0.5, 0.6) is 0 Å². The largest absolute Gasteiger partial charge is 0.460 e. The number of carbonyl (C=O) groups is 2. The standard InChI is InChI=1S/C19H21NO6/c1-13(12-24-2)16(22)6-8-18(17-7-5-15(11-21)25-17)26-19(23)14-4-3-9-20-10-14/h3-5,7,9-10,18,21H,1,6,8,11-12H2,2H3/t18-/m0/s1. The maximum atomic E-state index is 12.3. The van der Waals surface area contributed by atoms with Gasteiger partial charge in [-0.1, -0.05) is 6.58 Å². The summed E-state index contributed by atoms with van der Waals surface area (Å²) in [7, 11) is 1.48. The number of Topliss-reactive ketones (excluding diaryl/α,β-unsaturated/α-hetero) is 1. The van der Waals surface area contributed by atoms with Gasteiger partial charge in [0.25, 0.3) is 0 Å². The second kappa shape index (κ2) is 9.65. The number of pyridine rings is 1. The smallest absolute Gasteiger partial charge is 0.340 e. The number of ketones is 1. The highest BCUT2D eigenvalue weighted by molar-refractivity contribution is 5.95. The van der Waals surface area contributed by atoms with Crippen LogP contribution in [0.25, 0.3) is 0 Å². The van der Waals surface area contributed by atoms with Gasteiger partial charge in [-0.15, -0.1) is 0 Å². The SMILES string of the molecule is C=C(COC)C(=O)CC[C@H](OC(=O)c1cccnc1)c1ccc(CO)o1. The van der Waals surface area contributed by atoms with E-state index >= 15 is 0 Å². The van der Waals surface area contributed by atoms with Gasteiger partial charge < -0.3 is 19.0 Å². The van der Waals surface area contributed by atoms with Crippen LogP contribution in [0.1, 0.15) is 40.8 Å². The van der Waals surface area contributed by atoms with E-state index in [-0.39, 0.29) is 31.8 Å². The van der Waals surface area contributed by atoms with E-state index < -0.39 is 12.1 Å². The van der Waals surface area contributed by atoms with Gasteiger partial charge in [0.15, 0.2) is 11.9 Å². The predicted octanol–water partition coefficient (Wildman–Crippen LogP) is 2.62. The van der Waals surface area contributed by atoms with Crippen LogP contribution in [0.4, 0.5) is 0 Å². The topological polar surface area (TPSA) is 98.9 Å². The van der Waals surface area contributed by atoms with Crippen molar-refractivity contribution in [2.24, 2.45) is 0 Å². The molecule has 0 fully saturated rings. The summed E-state index contributed by atoms with van der Waals surface area (Å²) in [4.78, 5) is 28.3. The molecule has 7 nitrogen and oxygen atoms in total. The van der Waals surface area contributed by atoms with Gasteiger partial charge in [-0.05, 0) is 30.7 Å². The molecule has 0 aliphatic rings. The number of rotatable bonds is 10. The van der Waals surface area contributed by atoms with Crippen LogP contribution in [0.3, 0.4) is 0 Å². The molecule has 0 amide bonds. The predicted molar refractivity (Wildman–Crippen MR) is 92.3 cm³/mol. The number of aliphatic hydroxyl groups excluding tert-OH is 1. The van der Waals surface area contributed by atoms with Gasteiger partial charge in [0.05, 0.1) is 12.2 Å². The molecule has 2 aromatic heterocycles. The van der Waals surface area contributed by atoms with Crippen molar-refractivity contribution in [2.75, 3.05) is 13.7 Å². The van der Waals surface area contributed by atoms with Gasteiger partial charge in [-0.3, -0.25) is 9.78 Å². The van der Waals surface area contributed by atoms with Crippen LogP contribution in [-0.4, -0.2) is 35.6 Å². The Bertz CT molecular complexity index is 752. The van der Waals surface area contributed by atoms with Gasteiger partial charge >= 0.3 is 5.97 Å². The molecule has 2 heterocycles. The molecular weight excluding hydrogens is 338 g/mol. The molecule has 0 aliphatic carbocycles. The molecule has 2 aromatic rings. The van der Waals surface area contributed by atoms with E-state index in [0.717, 1.165) is 0 Å². The average molecular weight is 359 g/mol. The van der Waals surface area contributed by atoms with Crippen molar-refractivity contribution < 1.29 is 28.6 Å². The molecule has 2 rings (SSSR count). The Morgan fingerprint density at radius 2 is 2.15 bits per heavy atom. The zero-order valence-electron chi connectivity index (χ0n) is 14.5. The first kappa shape index (κ1) is 19.6.